The second kappa shape index (κ2) is 6.53. The third-order valence-corrected chi connectivity index (χ3v) is 4.12. The van der Waals surface area contributed by atoms with Gasteiger partial charge in [0, 0.05) is 19.8 Å². The first kappa shape index (κ1) is 13.8. The second-order valence-electron chi connectivity index (χ2n) is 5.48. The van der Waals surface area contributed by atoms with Crippen molar-refractivity contribution < 1.29 is 9.53 Å². The topological polar surface area (TPSA) is 41.6 Å². The van der Waals surface area contributed by atoms with Gasteiger partial charge in [0.15, 0.2) is 0 Å². The van der Waals surface area contributed by atoms with Gasteiger partial charge in [-0.25, -0.2) is 0 Å². The van der Waals surface area contributed by atoms with Crippen molar-refractivity contribution in [1.82, 2.24) is 10.2 Å². The normalized spacial score (nSPS) is 30.1. The Morgan fingerprint density at radius 3 is 2.67 bits per heavy atom. The van der Waals surface area contributed by atoms with Gasteiger partial charge in [-0.15, -0.1) is 0 Å². The van der Waals surface area contributed by atoms with Crippen molar-refractivity contribution in [2.75, 3.05) is 19.8 Å². The van der Waals surface area contributed by atoms with Crippen LogP contribution in [0.4, 0.5) is 0 Å². The van der Waals surface area contributed by atoms with Crippen LogP contribution in [0.1, 0.15) is 46.0 Å². The fraction of sp³-hybridized carbons (Fsp3) is 0.929. The van der Waals surface area contributed by atoms with Gasteiger partial charge in [-0.05, 0) is 31.6 Å². The molecule has 1 amide bonds. The van der Waals surface area contributed by atoms with Crippen LogP contribution in [0.25, 0.3) is 0 Å². The number of amides is 1. The summed E-state index contributed by atoms with van der Waals surface area (Å²) in [5, 5.41) is 3.48. The molecule has 0 spiro atoms. The van der Waals surface area contributed by atoms with Gasteiger partial charge >= 0.3 is 0 Å². The highest BCUT2D eigenvalue weighted by Gasteiger charge is 2.38. The third kappa shape index (κ3) is 3.04. The predicted octanol–water partition coefficient (Wildman–Crippen LogP) is 1.75. The molecule has 4 nitrogen and oxygen atoms in total. The lowest BCUT2D eigenvalue weighted by molar-refractivity contribution is -0.131. The smallest absolute Gasteiger partial charge is 0.241 e. The van der Waals surface area contributed by atoms with Gasteiger partial charge in [-0.1, -0.05) is 20.3 Å². The Bertz CT molecular complexity index is 277. The number of nitrogens with zero attached hydrogens (tertiary/aromatic N) is 1. The summed E-state index contributed by atoms with van der Waals surface area (Å²) in [6.45, 7) is 6.89. The van der Waals surface area contributed by atoms with Crippen LogP contribution in [0.5, 0.6) is 0 Å². The maximum Gasteiger partial charge on any atom is 0.241 e. The molecular weight excluding hydrogens is 228 g/mol. The Morgan fingerprint density at radius 1 is 1.33 bits per heavy atom. The molecule has 2 unspecified atom stereocenters. The van der Waals surface area contributed by atoms with E-state index in [9.17, 15) is 4.79 Å². The van der Waals surface area contributed by atoms with Gasteiger partial charge in [0.05, 0.1) is 12.2 Å². The summed E-state index contributed by atoms with van der Waals surface area (Å²) < 4.78 is 5.39. The van der Waals surface area contributed by atoms with Crippen LogP contribution in [0.3, 0.4) is 0 Å². The molecule has 0 bridgehead atoms. The van der Waals surface area contributed by atoms with Crippen molar-refractivity contribution in [3.8, 4) is 0 Å². The molecule has 0 aliphatic carbocycles. The molecule has 0 aromatic rings. The van der Waals surface area contributed by atoms with Crippen LogP contribution in [-0.2, 0) is 9.53 Å². The largest absolute Gasteiger partial charge is 0.381 e. The minimum absolute atomic E-state index is 0.0430. The molecule has 2 aliphatic rings. The van der Waals surface area contributed by atoms with Crippen LogP contribution < -0.4 is 5.32 Å². The van der Waals surface area contributed by atoms with Gasteiger partial charge in [0.2, 0.25) is 5.91 Å². The zero-order chi connectivity index (χ0) is 13.0. The lowest BCUT2D eigenvalue weighted by atomic mass is 9.99. The van der Waals surface area contributed by atoms with Crippen molar-refractivity contribution in [3.63, 3.8) is 0 Å². The van der Waals surface area contributed by atoms with E-state index in [1.54, 1.807) is 0 Å². The van der Waals surface area contributed by atoms with Gasteiger partial charge in [0.1, 0.15) is 0 Å². The van der Waals surface area contributed by atoms with Gasteiger partial charge in [-0.2, -0.15) is 0 Å². The highest BCUT2D eigenvalue weighted by atomic mass is 16.5. The summed E-state index contributed by atoms with van der Waals surface area (Å²) in [4.78, 5) is 14.4. The summed E-state index contributed by atoms with van der Waals surface area (Å²) in [5.74, 6) is 0.932. The van der Waals surface area contributed by atoms with E-state index in [0.717, 1.165) is 51.9 Å². The molecule has 0 aromatic heterocycles. The lowest BCUT2D eigenvalue weighted by Crippen LogP contribution is -2.41. The molecule has 2 atom stereocenters. The van der Waals surface area contributed by atoms with E-state index in [2.05, 4.69) is 24.1 Å². The molecule has 2 fully saturated rings. The number of carbonyl (C=O) groups is 1. The zero-order valence-corrected chi connectivity index (χ0v) is 11.7. The van der Waals surface area contributed by atoms with Crippen molar-refractivity contribution in [1.29, 1.82) is 0 Å². The second-order valence-corrected chi connectivity index (χ2v) is 5.48. The van der Waals surface area contributed by atoms with E-state index >= 15 is 0 Å². The van der Waals surface area contributed by atoms with E-state index in [1.807, 2.05) is 0 Å². The summed E-state index contributed by atoms with van der Waals surface area (Å²) >= 11 is 0. The third-order valence-electron chi connectivity index (χ3n) is 4.12. The SMILES string of the molecule is CCCC1NC(CC)C(=O)N1CC1CCOCC1. The van der Waals surface area contributed by atoms with Gasteiger partial charge in [0.25, 0.3) is 0 Å². The van der Waals surface area contributed by atoms with Crippen LogP contribution >= 0.6 is 0 Å². The first-order valence-electron chi connectivity index (χ1n) is 7.40. The maximum absolute atomic E-state index is 12.3. The molecule has 0 aromatic carbocycles. The summed E-state index contributed by atoms with van der Waals surface area (Å²) in [6.07, 6.45) is 5.52. The number of hydrogen-bond acceptors (Lipinski definition) is 3. The molecule has 2 rings (SSSR count). The Kier molecular flexibility index (Phi) is 5.01. The van der Waals surface area contributed by atoms with Crippen molar-refractivity contribution in [2.24, 2.45) is 5.92 Å². The van der Waals surface area contributed by atoms with Crippen LogP contribution in [-0.4, -0.2) is 42.8 Å². The number of nitrogens with one attached hydrogen (secondary N) is 1. The molecule has 4 heteroatoms. The molecule has 2 aliphatic heterocycles. The lowest BCUT2D eigenvalue weighted by Gasteiger charge is -2.30. The Morgan fingerprint density at radius 2 is 2.06 bits per heavy atom. The standard InChI is InChI=1S/C14H26N2O2/c1-3-5-13-15-12(4-2)14(17)16(13)10-11-6-8-18-9-7-11/h11-13,15H,3-10H2,1-2H3. The van der Waals surface area contributed by atoms with Crippen molar-refractivity contribution in [3.05, 3.63) is 0 Å². The zero-order valence-electron chi connectivity index (χ0n) is 11.7. The Hall–Kier alpha value is -0.610. The molecule has 18 heavy (non-hydrogen) atoms. The molecular formula is C14H26N2O2. The molecule has 2 saturated heterocycles. The molecule has 1 N–H and O–H groups in total. The number of hydrogen-bond donors (Lipinski definition) is 1. The summed E-state index contributed by atoms with van der Waals surface area (Å²) in [6, 6.07) is 0.0430. The minimum Gasteiger partial charge on any atom is -0.381 e. The quantitative estimate of drug-likeness (QED) is 0.812. The molecule has 0 radical (unpaired) electrons. The van der Waals surface area contributed by atoms with Crippen molar-refractivity contribution in [2.45, 2.75) is 58.2 Å². The van der Waals surface area contributed by atoms with E-state index in [0.29, 0.717) is 11.8 Å². The summed E-state index contributed by atoms with van der Waals surface area (Å²) in [5.41, 5.74) is 0. The molecule has 104 valence electrons. The maximum atomic E-state index is 12.3. The molecule has 0 saturated carbocycles. The van der Waals surface area contributed by atoms with Crippen LogP contribution in [0.15, 0.2) is 0 Å². The highest BCUT2D eigenvalue weighted by Crippen LogP contribution is 2.22. The molecule has 2 heterocycles. The number of rotatable bonds is 5. The van der Waals surface area contributed by atoms with Crippen molar-refractivity contribution >= 4 is 5.91 Å². The minimum atomic E-state index is 0.0430. The fourth-order valence-corrected chi connectivity index (χ4v) is 2.98. The van der Waals surface area contributed by atoms with E-state index in [4.69, 9.17) is 4.74 Å². The predicted molar refractivity (Wildman–Crippen MR) is 71.2 cm³/mol. The van der Waals surface area contributed by atoms with Crippen LogP contribution in [0.2, 0.25) is 0 Å². The van der Waals surface area contributed by atoms with E-state index in [1.165, 1.54) is 0 Å². The Balaban J connectivity index is 1.95. The van der Waals surface area contributed by atoms with Gasteiger partial charge in [-0.3, -0.25) is 10.1 Å². The van der Waals surface area contributed by atoms with Gasteiger partial charge < -0.3 is 9.64 Å². The average Bonchev–Trinajstić information content (AvgIpc) is 2.69. The summed E-state index contributed by atoms with van der Waals surface area (Å²) in [7, 11) is 0. The number of carbonyl (C=O) groups excluding carboxylic acids is 1. The highest BCUT2D eigenvalue weighted by molar-refractivity contribution is 5.84. The van der Waals surface area contributed by atoms with E-state index < -0.39 is 0 Å². The monoisotopic (exact) mass is 254 g/mol. The first-order chi connectivity index (χ1) is 8.76. The van der Waals surface area contributed by atoms with E-state index in [-0.39, 0.29) is 12.2 Å². The number of ether oxygens (including phenoxy) is 1. The Labute approximate surface area is 110 Å². The van der Waals surface area contributed by atoms with Crippen LogP contribution in [0, 0.1) is 5.92 Å². The fourth-order valence-electron chi connectivity index (χ4n) is 2.98. The average molecular weight is 254 g/mol. The first-order valence-corrected chi connectivity index (χ1v) is 7.40.